The molecule has 0 unspecified atom stereocenters. The van der Waals surface area contributed by atoms with Gasteiger partial charge in [-0.05, 0) is 82.7 Å². The Bertz CT molecular complexity index is 1730. The molecule has 0 bridgehead atoms. The van der Waals surface area contributed by atoms with Crippen LogP contribution in [0, 0.1) is 0 Å². The average Bonchev–Trinajstić information content (AvgIpc) is 2.94. The molecule has 8 nitrogen and oxygen atoms in total. The molecule has 0 aromatic heterocycles. The number of methoxy groups -OCH3 is 1. The number of carbonyl (C=O) groups excluding carboxylic acids is 3. The van der Waals surface area contributed by atoms with Crippen LogP contribution >= 0.6 is 66.7 Å². The first-order valence-electron chi connectivity index (χ1n) is 11.8. The van der Waals surface area contributed by atoms with Gasteiger partial charge in [0.1, 0.15) is 5.75 Å². The first-order chi connectivity index (χ1) is 20.0. The van der Waals surface area contributed by atoms with Crippen molar-refractivity contribution in [2.24, 2.45) is 5.10 Å². The minimum absolute atomic E-state index is 0.118. The Morgan fingerprint density at radius 1 is 0.857 bits per heavy atom. The molecule has 0 aliphatic carbocycles. The van der Waals surface area contributed by atoms with Gasteiger partial charge in [-0.3, -0.25) is 9.59 Å². The maximum atomic E-state index is 12.8. The molecule has 0 fully saturated rings. The number of nitrogens with zero attached hydrogens (tertiary/aromatic N) is 1. The number of anilines is 1. The van der Waals surface area contributed by atoms with Crippen LogP contribution in [0.15, 0.2) is 86.8 Å². The SMILES string of the molecule is COc1ccc(Cl)cc1C(=O)Nc1cccc(C(=O)NN=Cc2cc(Br)cc(Br)c2OC(=O)c2ccc(Cl)cc2Cl)c1. The van der Waals surface area contributed by atoms with Gasteiger partial charge in [0.05, 0.1) is 33.9 Å². The molecule has 2 amide bonds. The van der Waals surface area contributed by atoms with E-state index >= 15 is 0 Å². The zero-order valence-corrected chi connectivity index (χ0v) is 26.8. The van der Waals surface area contributed by atoms with E-state index in [0.29, 0.717) is 36.0 Å². The van der Waals surface area contributed by atoms with Crippen molar-refractivity contribution in [2.45, 2.75) is 0 Å². The molecule has 4 aromatic rings. The molecule has 2 N–H and O–H groups in total. The summed E-state index contributed by atoms with van der Waals surface area (Å²) in [6, 6.07) is 18.7. The zero-order chi connectivity index (χ0) is 30.4. The molecule has 0 atom stereocenters. The number of hydrazone groups is 1. The Morgan fingerprint density at radius 3 is 2.33 bits per heavy atom. The topological polar surface area (TPSA) is 106 Å². The van der Waals surface area contributed by atoms with Crippen LogP contribution in [-0.2, 0) is 0 Å². The van der Waals surface area contributed by atoms with Crippen LogP contribution in [0.1, 0.15) is 36.6 Å². The van der Waals surface area contributed by atoms with Crippen LogP contribution in [0.25, 0.3) is 0 Å². The highest BCUT2D eigenvalue weighted by atomic mass is 79.9. The van der Waals surface area contributed by atoms with Crippen LogP contribution in [0.5, 0.6) is 11.5 Å². The summed E-state index contributed by atoms with van der Waals surface area (Å²) in [4.78, 5) is 38.5. The third-order valence-corrected chi connectivity index (χ3v) is 7.37. The van der Waals surface area contributed by atoms with Gasteiger partial charge in [0, 0.05) is 31.3 Å². The van der Waals surface area contributed by atoms with Crippen molar-refractivity contribution in [1.82, 2.24) is 5.43 Å². The fourth-order valence-electron chi connectivity index (χ4n) is 3.61. The first kappa shape index (κ1) is 31.5. The Labute approximate surface area is 272 Å². The molecule has 0 saturated carbocycles. The van der Waals surface area contributed by atoms with E-state index in [1.165, 1.54) is 43.7 Å². The number of esters is 1. The van der Waals surface area contributed by atoms with Crippen molar-refractivity contribution >= 4 is 96.3 Å². The van der Waals surface area contributed by atoms with Crippen LogP contribution in [0.2, 0.25) is 15.1 Å². The van der Waals surface area contributed by atoms with E-state index < -0.39 is 17.8 Å². The molecule has 0 heterocycles. The summed E-state index contributed by atoms with van der Waals surface area (Å²) in [5.41, 5.74) is 3.74. The summed E-state index contributed by atoms with van der Waals surface area (Å²) in [6.07, 6.45) is 1.32. The number of carbonyl (C=O) groups is 3. The molecular formula is C29H18Br2Cl3N3O5. The quantitative estimate of drug-likeness (QED) is 0.0814. The van der Waals surface area contributed by atoms with E-state index in [4.69, 9.17) is 44.3 Å². The van der Waals surface area contributed by atoms with E-state index in [2.05, 4.69) is 47.7 Å². The Morgan fingerprint density at radius 2 is 1.60 bits per heavy atom. The number of nitrogens with one attached hydrogen (secondary N) is 2. The highest BCUT2D eigenvalue weighted by molar-refractivity contribution is 9.11. The molecule has 42 heavy (non-hydrogen) atoms. The maximum absolute atomic E-state index is 12.8. The number of halogens is 5. The standard InChI is InChI=1S/C29H18Br2Cl3N3O5/c1-41-25-8-6-18(32)12-22(25)28(39)36-20-4-2-3-15(10-20)27(38)37-35-14-16-9-17(30)11-23(31)26(16)42-29(40)21-7-5-19(33)13-24(21)34/h2-14H,1H3,(H,36,39)(H,37,38). The monoisotopic (exact) mass is 751 g/mol. The molecule has 0 saturated heterocycles. The number of amides is 2. The second-order valence-corrected chi connectivity index (χ2v) is 11.4. The number of ether oxygens (including phenoxy) is 2. The van der Waals surface area contributed by atoms with Crippen LogP contribution in [0.4, 0.5) is 5.69 Å². The lowest BCUT2D eigenvalue weighted by Crippen LogP contribution is -2.19. The molecule has 13 heteroatoms. The molecule has 0 spiro atoms. The van der Waals surface area contributed by atoms with Gasteiger partial charge < -0.3 is 14.8 Å². The number of hydrogen-bond acceptors (Lipinski definition) is 6. The lowest BCUT2D eigenvalue weighted by atomic mass is 10.1. The van der Waals surface area contributed by atoms with E-state index in [1.54, 1.807) is 42.5 Å². The highest BCUT2D eigenvalue weighted by Gasteiger charge is 2.18. The zero-order valence-electron chi connectivity index (χ0n) is 21.4. The van der Waals surface area contributed by atoms with Crippen molar-refractivity contribution in [3.05, 3.63) is 119 Å². The summed E-state index contributed by atoms with van der Waals surface area (Å²) in [6.45, 7) is 0. The fourth-order valence-corrected chi connectivity index (χ4v) is 5.60. The number of rotatable bonds is 8. The number of hydrogen-bond donors (Lipinski definition) is 2. The van der Waals surface area contributed by atoms with Gasteiger partial charge in [0.2, 0.25) is 0 Å². The minimum Gasteiger partial charge on any atom is -0.496 e. The van der Waals surface area contributed by atoms with Gasteiger partial charge >= 0.3 is 5.97 Å². The van der Waals surface area contributed by atoms with Crippen molar-refractivity contribution in [1.29, 1.82) is 0 Å². The van der Waals surface area contributed by atoms with E-state index in [-0.39, 0.29) is 27.5 Å². The molecule has 214 valence electrons. The van der Waals surface area contributed by atoms with Crippen LogP contribution in [-0.4, -0.2) is 31.1 Å². The Balaban J connectivity index is 1.48. The minimum atomic E-state index is -0.715. The van der Waals surface area contributed by atoms with Crippen molar-refractivity contribution < 1.29 is 23.9 Å². The average molecular weight is 755 g/mol. The highest BCUT2D eigenvalue weighted by Crippen LogP contribution is 2.33. The van der Waals surface area contributed by atoms with E-state index in [1.807, 2.05) is 0 Å². The second kappa shape index (κ2) is 14.2. The van der Waals surface area contributed by atoms with E-state index in [9.17, 15) is 14.4 Å². The third kappa shape index (κ3) is 7.90. The first-order valence-corrected chi connectivity index (χ1v) is 14.5. The predicted molar refractivity (Wildman–Crippen MR) is 171 cm³/mol. The fraction of sp³-hybridized carbons (Fsp3) is 0.0345. The van der Waals surface area contributed by atoms with Gasteiger partial charge in [-0.2, -0.15) is 5.10 Å². The summed E-state index contributed by atoms with van der Waals surface area (Å²) < 4.78 is 11.9. The third-order valence-electron chi connectivity index (χ3n) is 5.54. The molecule has 0 radical (unpaired) electrons. The summed E-state index contributed by atoms with van der Waals surface area (Å²) in [7, 11) is 1.44. The maximum Gasteiger partial charge on any atom is 0.345 e. The van der Waals surface area contributed by atoms with Gasteiger partial charge in [-0.1, -0.05) is 56.8 Å². The van der Waals surface area contributed by atoms with Crippen LogP contribution < -0.4 is 20.2 Å². The van der Waals surface area contributed by atoms with Gasteiger partial charge in [0.25, 0.3) is 11.8 Å². The summed E-state index contributed by atoms with van der Waals surface area (Å²) >= 11 is 24.9. The number of benzene rings is 4. The van der Waals surface area contributed by atoms with Crippen molar-refractivity contribution in [3.63, 3.8) is 0 Å². The summed E-state index contributed by atoms with van der Waals surface area (Å²) in [5, 5.41) is 7.62. The molecule has 4 aromatic carbocycles. The van der Waals surface area contributed by atoms with Crippen LogP contribution in [0.3, 0.4) is 0 Å². The summed E-state index contributed by atoms with van der Waals surface area (Å²) in [5.74, 6) is -1.24. The van der Waals surface area contributed by atoms with E-state index in [0.717, 1.165) is 0 Å². The Hall–Kier alpha value is -3.41. The van der Waals surface area contributed by atoms with Gasteiger partial charge in [-0.15, -0.1) is 0 Å². The largest absolute Gasteiger partial charge is 0.496 e. The smallest absolute Gasteiger partial charge is 0.345 e. The van der Waals surface area contributed by atoms with Crippen molar-refractivity contribution in [2.75, 3.05) is 12.4 Å². The van der Waals surface area contributed by atoms with Gasteiger partial charge in [-0.25, -0.2) is 10.2 Å². The lowest BCUT2D eigenvalue weighted by Gasteiger charge is -2.11. The molecule has 4 rings (SSSR count). The van der Waals surface area contributed by atoms with Crippen molar-refractivity contribution in [3.8, 4) is 11.5 Å². The lowest BCUT2D eigenvalue weighted by molar-refractivity contribution is 0.0732. The molecule has 0 aliphatic rings. The second-order valence-electron chi connectivity index (χ2n) is 8.40. The molecular weight excluding hydrogens is 737 g/mol. The predicted octanol–water partition coefficient (Wildman–Crippen LogP) is 8.42. The van der Waals surface area contributed by atoms with Gasteiger partial charge in [0.15, 0.2) is 5.75 Å². The Kier molecular flexibility index (Phi) is 10.6. The normalized spacial score (nSPS) is 10.8. The molecule has 0 aliphatic heterocycles.